The van der Waals surface area contributed by atoms with Crippen molar-refractivity contribution in [3.63, 3.8) is 0 Å². The van der Waals surface area contributed by atoms with E-state index in [1.54, 1.807) is 0 Å². The fraction of sp³-hybridized carbons (Fsp3) is 0.556. The van der Waals surface area contributed by atoms with Crippen LogP contribution in [-0.4, -0.2) is 49.1 Å². The van der Waals surface area contributed by atoms with Gasteiger partial charge >= 0.3 is 0 Å². The van der Waals surface area contributed by atoms with Crippen molar-refractivity contribution >= 4 is 11.8 Å². The molecule has 1 saturated heterocycles. The number of carbonyl (C=O) groups is 2. The van der Waals surface area contributed by atoms with Gasteiger partial charge in [0.25, 0.3) is 0 Å². The van der Waals surface area contributed by atoms with E-state index in [0.29, 0.717) is 38.3 Å². The number of amides is 2. The standard InChI is InChI=1S/C18H24N2O4/c21-17(9-11-20-10-5-1-2-8-18(20)22)19-12-14-13-23-15-6-3-4-7-16(15)24-14/h3-4,6-7,14H,1-2,5,8-13H2,(H,19,21). The maximum atomic E-state index is 12.0. The van der Waals surface area contributed by atoms with Gasteiger partial charge in [-0.15, -0.1) is 0 Å². The minimum Gasteiger partial charge on any atom is -0.486 e. The van der Waals surface area contributed by atoms with E-state index in [1.807, 2.05) is 29.2 Å². The number of nitrogens with one attached hydrogen (secondary N) is 1. The number of likely N-dealkylation sites (tertiary alicyclic amines) is 1. The lowest BCUT2D eigenvalue weighted by Gasteiger charge is -2.26. The molecule has 1 fully saturated rings. The molecule has 2 aliphatic rings. The zero-order valence-electron chi connectivity index (χ0n) is 13.8. The number of para-hydroxylation sites is 2. The summed E-state index contributed by atoms with van der Waals surface area (Å²) in [5.41, 5.74) is 0. The van der Waals surface area contributed by atoms with Crippen molar-refractivity contribution in [3.05, 3.63) is 24.3 Å². The van der Waals surface area contributed by atoms with E-state index in [-0.39, 0.29) is 17.9 Å². The van der Waals surface area contributed by atoms with E-state index in [0.717, 1.165) is 31.6 Å². The third-order valence-corrected chi connectivity index (χ3v) is 4.37. The van der Waals surface area contributed by atoms with E-state index >= 15 is 0 Å². The zero-order chi connectivity index (χ0) is 16.8. The monoisotopic (exact) mass is 332 g/mol. The van der Waals surface area contributed by atoms with Crippen LogP contribution in [0.5, 0.6) is 11.5 Å². The highest BCUT2D eigenvalue weighted by molar-refractivity contribution is 5.79. The van der Waals surface area contributed by atoms with Crippen molar-refractivity contribution in [2.24, 2.45) is 0 Å². The molecule has 2 amide bonds. The molecule has 1 unspecified atom stereocenters. The summed E-state index contributed by atoms with van der Waals surface area (Å²) < 4.78 is 11.4. The molecule has 0 aromatic heterocycles. The van der Waals surface area contributed by atoms with Crippen molar-refractivity contribution in [2.45, 2.75) is 38.2 Å². The summed E-state index contributed by atoms with van der Waals surface area (Å²) in [6.07, 6.45) is 3.82. The lowest BCUT2D eigenvalue weighted by atomic mass is 10.2. The summed E-state index contributed by atoms with van der Waals surface area (Å²) in [7, 11) is 0. The van der Waals surface area contributed by atoms with E-state index in [9.17, 15) is 9.59 Å². The predicted octanol–water partition coefficient (Wildman–Crippen LogP) is 1.74. The largest absolute Gasteiger partial charge is 0.486 e. The number of nitrogens with zero attached hydrogens (tertiary/aromatic N) is 1. The van der Waals surface area contributed by atoms with Gasteiger partial charge in [0.1, 0.15) is 12.7 Å². The second-order valence-electron chi connectivity index (χ2n) is 6.24. The molecule has 6 heteroatoms. The lowest BCUT2D eigenvalue weighted by Crippen LogP contribution is -2.42. The van der Waals surface area contributed by atoms with Crippen LogP contribution in [0.4, 0.5) is 0 Å². The third-order valence-electron chi connectivity index (χ3n) is 4.37. The Morgan fingerprint density at radius 3 is 2.92 bits per heavy atom. The van der Waals surface area contributed by atoms with Crippen LogP contribution in [-0.2, 0) is 9.59 Å². The van der Waals surface area contributed by atoms with Crippen molar-refractivity contribution < 1.29 is 19.1 Å². The highest BCUT2D eigenvalue weighted by Crippen LogP contribution is 2.30. The first-order valence-corrected chi connectivity index (χ1v) is 8.65. The molecule has 24 heavy (non-hydrogen) atoms. The quantitative estimate of drug-likeness (QED) is 0.892. The van der Waals surface area contributed by atoms with E-state index in [4.69, 9.17) is 9.47 Å². The Hall–Kier alpha value is -2.24. The summed E-state index contributed by atoms with van der Waals surface area (Å²) in [5.74, 6) is 1.55. The first kappa shape index (κ1) is 16.6. The van der Waals surface area contributed by atoms with Gasteiger partial charge in [0.05, 0.1) is 6.54 Å². The van der Waals surface area contributed by atoms with Crippen LogP contribution in [0, 0.1) is 0 Å². The topological polar surface area (TPSA) is 67.9 Å². The number of rotatable bonds is 5. The molecular formula is C18H24N2O4. The van der Waals surface area contributed by atoms with Crippen LogP contribution in [0.1, 0.15) is 32.1 Å². The highest BCUT2D eigenvalue weighted by atomic mass is 16.6. The second-order valence-corrected chi connectivity index (χ2v) is 6.24. The average molecular weight is 332 g/mol. The molecule has 0 spiro atoms. The Labute approximate surface area is 142 Å². The van der Waals surface area contributed by atoms with Gasteiger partial charge in [-0.2, -0.15) is 0 Å². The molecule has 2 heterocycles. The molecule has 0 aliphatic carbocycles. The van der Waals surface area contributed by atoms with Gasteiger partial charge in [-0.3, -0.25) is 9.59 Å². The number of fused-ring (bicyclic) bond motifs is 1. The first-order valence-electron chi connectivity index (χ1n) is 8.65. The Bertz CT molecular complexity index is 590. The van der Waals surface area contributed by atoms with Gasteiger partial charge in [-0.25, -0.2) is 0 Å². The third kappa shape index (κ3) is 4.40. The Balaban J connectivity index is 1.39. The first-order chi connectivity index (χ1) is 11.7. The Morgan fingerprint density at radius 2 is 2.04 bits per heavy atom. The number of carbonyl (C=O) groups excluding carboxylic acids is 2. The van der Waals surface area contributed by atoms with Gasteiger partial charge in [0.15, 0.2) is 11.5 Å². The van der Waals surface area contributed by atoms with Crippen molar-refractivity contribution in [1.82, 2.24) is 10.2 Å². The molecular weight excluding hydrogens is 308 g/mol. The molecule has 0 bridgehead atoms. The molecule has 130 valence electrons. The number of benzene rings is 1. The smallest absolute Gasteiger partial charge is 0.222 e. The molecule has 0 radical (unpaired) electrons. The van der Waals surface area contributed by atoms with E-state index in [2.05, 4.69) is 5.32 Å². The molecule has 1 aromatic rings. The van der Waals surface area contributed by atoms with Crippen molar-refractivity contribution in [1.29, 1.82) is 0 Å². The fourth-order valence-corrected chi connectivity index (χ4v) is 2.99. The van der Waals surface area contributed by atoms with Crippen LogP contribution in [0.15, 0.2) is 24.3 Å². The summed E-state index contributed by atoms with van der Waals surface area (Å²) in [4.78, 5) is 25.7. The zero-order valence-corrected chi connectivity index (χ0v) is 13.8. The lowest BCUT2D eigenvalue weighted by molar-refractivity contribution is -0.131. The van der Waals surface area contributed by atoms with E-state index < -0.39 is 0 Å². The number of hydrogen-bond acceptors (Lipinski definition) is 4. The normalized spacial score (nSPS) is 20.4. The summed E-state index contributed by atoms with van der Waals surface area (Å²) >= 11 is 0. The van der Waals surface area contributed by atoms with Gasteiger partial charge < -0.3 is 19.7 Å². The van der Waals surface area contributed by atoms with Crippen LogP contribution in [0.2, 0.25) is 0 Å². The maximum absolute atomic E-state index is 12.0. The summed E-state index contributed by atoms with van der Waals surface area (Å²) in [5, 5.41) is 2.87. The highest BCUT2D eigenvalue weighted by Gasteiger charge is 2.21. The number of hydrogen-bond donors (Lipinski definition) is 1. The molecule has 0 saturated carbocycles. The molecule has 2 aliphatic heterocycles. The molecule has 1 N–H and O–H groups in total. The fourth-order valence-electron chi connectivity index (χ4n) is 2.99. The Kier molecular flexibility index (Phi) is 5.56. The minimum atomic E-state index is -0.191. The van der Waals surface area contributed by atoms with Gasteiger partial charge in [0, 0.05) is 25.9 Å². The van der Waals surface area contributed by atoms with Crippen LogP contribution in [0.3, 0.4) is 0 Å². The van der Waals surface area contributed by atoms with Gasteiger partial charge in [-0.05, 0) is 25.0 Å². The minimum absolute atomic E-state index is 0.0606. The summed E-state index contributed by atoms with van der Waals surface area (Å²) in [6, 6.07) is 7.51. The van der Waals surface area contributed by atoms with Gasteiger partial charge in [0.2, 0.25) is 11.8 Å². The van der Waals surface area contributed by atoms with Crippen LogP contribution < -0.4 is 14.8 Å². The molecule has 1 aromatic carbocycles. The second kappa shape index (κ2) is 8.04. The van der Waals surface area contributed by atoms with Crippen molar-refractivity contribution in [3.8, 4) is 11.5 Å². The Morgan fingerprint density at radius 1 is 1.21 bits per heavy atom. The molecule has 1 atom stereocenters. The predicted molar refractivity (Wildman–Crippen MR) is 89.0 cm³/mol. The maximum Gasteiger partial charge on any atom is 0.222 e. The number of ether oxygens (including phenoxy) is 2. The molecule has 3 rings (SSSR count). The molecule has 6 nitrogen and oxygen atoms in total. The summed E-state index contributed by atoms with van der Waals surface area (Å²) in [6.45, 7) is 2.08. The average Bonchev–Trinajstić information content (AvgIpc) is 2.82. The van der Waals surface area contributed by atoms with E-state index in [1.165, 1.54) is 0 Å². The SMILES string of the molecule is O=C(CCN1CCCCCC1=O)NCC1COc2ccccc2O1. The van der Waals surface area contributed by atoms with Crippen LogP contribution >= 0.6 is 0 Å². The van der Waals surface area contributed by atoms with Gasteiger partial charge in [-0.1, -0.05) is 18.6 Å². The van der Waals surface area contributed by atoms with Crippen LogP contribution in [0.25, 0.3) is 0 Å². The van der Waals surface area contributed by atoms with Crippen molar-refractivity contribution in [2.75, 3.05) is 26.2 Å².